The van der Waals surface area contributed by atoms with E-state index in [1.54, 1.807) is 4.57 Å². The smallest absolute Gasteiger partial charge is 0.330 e. The second kappa shape index (κ2) is 11.5. The van der Waals surface area contributed by atoms with Gasteiger partial charge in [0, 0.05) is 32.5 Å². The summed E-state index contributed by atoms with van der Waals surface area (Å²) < 4.78 is 3.46. The van der Waals surface area contributed by atoms with Gasteiger partial charge in [-0.1, -0.05) is 59.3 Å². The average molecular weight is 446 g/mol. The van der Waals surface area contributed by atoms with Crippen LogP contribution in [0.5, 0.6) is 0 Å². The van der Waals surface area contributed by atoms with Crippen molar-refractivity contribution in [2.24, 2.45) is 11.8 Å². The molecule has 8 heteroatoms. The number of amides is 1. The molecule has 0 saturated heterocycles. The van der Waals surface area contributed by atoms with Crippen LogP contribution in [-0.2, 0) is 24.3 Å². The lowest BCUT2D eigenvalue weighted by Crippen LogP contribution is -2.31. The van der Waals surface area contributed by atoms with E-state index in [2.05, 4.69) is 31.1 Å². The van der Waals surface area contributed by atoms with Crippen LogP contribution in [-0.4, -0.2) is 31.6 Å². The van der Waals surface area contributed by atoms with Gasteiger partial charge in [-0.05, 0) is 24.7 Å². The zero-order valence-electron chi connectivity index (χ0n) is 19.9. The lowest BCUT2D eigenvalue weighted by Gasteiger charge is -2.21. The predicted octanol–water partition coefficient (Wildman–Crippen LogP) is 3.36. The molecule has 8 nitrogen and oxygen atoms in total. The van der Waals surface area contributed by atoms with Gasteiger partial charge in [0.1, 0.15) is 5.82 Å². The first-order chi connectivity index (χ1) is 15.4. The quantitative estimate of drug-likeness (QED) is 0.554. The standard InChI is InChI=1S/C24H39N5O3/c1-4-5-15-28-22-21(23(31)27-24(28)32)29(16-17(2)3)19(26-22)11-12-20(30)25-14-13-18-9-7-6-8-10-18/h17-18H,4-16H2,1-3H3,(H,25,30)(H,27,31,32). The summed E-state index contributed by atoms with van der Waals surface area (Å²) in [6.07, 6.45) is 10.1. The van der Waals surface area contributed by atoms with Gasteiger partial charge in [0.05, 0.1) is 0 Å². The fourth-order valence-corrected chi connectivity index (χ4v) is 4.70. The fraction of sp³-hybridized carbons (Fsp3) is 0.750. The van der Waals surface area contributed by atoms with Crippen molar-refractivity contribution in [3.05, 3.63) is 26.7 Å². The zero-order chi connectivity index (χ0) is 23.1. The molecule has 1 saturated carbocycles. The Labute approximate surface area is 189 Å². The highest BCUT2D eigenvalue weighted by molar-refractivity contribution is 5.76. The van der Waals surface area contributed by atoms with E-state index in [9.17, 15) is 14.4 Å². The van der Waals surface area contributed by atoms with Crippen molar-refractivity contribution in [2.45, 2.75) is 98.1 Å². The number of carbonyl (C=O) groups is 1. The minimum absolute atomic E-state index is 0.0150. The zero-order valence-corrected chi connectivity index (χ0v) is 19.9. The van der Waals surface area contributed by atoms with Crippen LogP contribution in [0.1, 0.15) is 84.4 Å². The molecular weight excluding hydrogens is 406 g/mol. The van der Waals surface area contributed by atoms with E-state index in [-0.39, 0.29) is 5.91 Å². The van der Waals surface area contributed by atoms with Crippen LogP contribution in [0.4, 0.5) is 0 Å². The van der Waals surface area contributed by atoms with Gasteiger partial charge in [0.2, 0.25) is 5.91 Å². The number of imidazole rings is 1. The summed E-state index contributed by atoms with van der Waals surface area (Å²) in [5.41, 5.74) is 0.0360. The molecule has 1 aliphatic carbocycles. The highest BCUT2D eigenvalue weighted by Crippen LogP contribution is 2.25. The molecule has 32 heavy (non-hydrogen) atoms. The number of aromatic nitrogens is 4. The van der Waals surface area contributed by atoms with Crippen LogP contribution in [0.2, 0.25) is 0 Å². The van der Waals surface area contributed by atoms with Gasteiger partial charge in [-0.25, -0.2) is 9.78 Å². The van der Waals surface area contributed by atoms with Crippen LogP contribution in [0.3, 0.4) is 0 Å². The molecule has 3 rings (SSSR count). The number of unbranched alkanes of at least 4 members (excludes halogenated alkanes) is 1. The van der Waals surface area contributed by atoms with Gasteiger partial charge in [0.15, 0.2) is 11.2 Å². The maximum absolute atomic E-state index is 12.7. The third-order valence-corrected chi connectivity index (χ3v) is 6.42. The highest BCUT2D eigenvalue weighted by Gasteiger charge is 2.20. The van der Waals surface area contributed by atoms with Gasteiger partial charge in [-0.2, -0.15) is 0 Å². The Hall–Kier alpha value is -2.38. The summed E-state index contributed by atoms with van der Waals surface area (Å²) in [4.78, 5) is 44.7. The third-order valence-electron chi connectivity index (χ3n) is 6.42. The van der Waals surface area contributed by atoms with Crippen molar-refractivity contribution >= 4 is 17.1 Å². The highest BCUT2D eigenvalue weighted by atomic mass is 16.2. The number of aromatic amines is 1. The Bertz CT molecular complexity index is 1010. The van der Waals surface area contributed by atoms with E-state index in [4.69, 9.17) is 4.98 Å². The maximum Gasteiger partial charge on any atom is 0.330 e. The summed E-state index contributed by atoms with van der Waals surface area (Å²) >= 11 is 0. The molecular formula is C24H39N5O3. The van der Waals surface area contributed by atoms with E-state index >= 15 is 0 Å². The van der Waals surface area contributed by atoms with Gasteiger partial charge in [0.25, 0.3) is 5.56 Å². The number of fused-ring (bicyclic) bond motifs is 1. The molecule has 0 aromatic carbocycles. The summed E-state index contributed by atoms with van der Waals surface area (Å²) in [6.45, 7) is 8.07. The second-order valence-corrected chi connectivity index (χ2v) is 9.61. The molecule has 0 spiro atoms. The molecule has 2 aromatic rings. The van der Waals surface area contributed by atoms with Crippen LogP contribution >= 0.6 is 0 Å². The van der Waals surface area contributed by atoms with E-state index in [0.717, 1.165) is 31.7 Å². The molecule has 0 aliphatic heterocycles. The molecule has 178 valence electrons. The topological polar surface area (TPSA) is 102 Å². The number of hydrogen-bond donors (Lipinski definition) is 2. The minimum Gasteiger partial charge on any atom is -0.356 e. The van der Waals surface area contributed by atoms with E-state index in [1.807, 2.05) is 4.57 Å². The van der Waals surface area contributed by atoms with Gasteiger partial charge in [-0.15, -0.1) is 0 Å². The summed E-state index contributed by atoms with van der Waals surface area (Å²) in [5.74, 6) is 1.75. The van der Waals surface area contributed by atoms with Crippen LogP contribution < -0.4 is 16.6 Å². The number of hydrogen-bond acceptors (Lipinski definition) is 4. The number of nitrogens with zero attached hydrogens (tertiary/aromatic N) is 3. The molecule has 2 N–H and O–H groups in total. The Morgan fingerprint density at radius 2 is 1.94 bits per heavy atom. The summed E-state index contributed by atoms with van der Waals surface area (Å²) in [6, 6.07) is 0. The Balaban J connectivity index is 1.74. The maximum atomic E-state index is 12.7. The van der Waals surface area contributed by atoms with Gasteiger partial charge in [-0.3, -0.25) is 19.1 Å². The molecule has 0 radical (unpaired) electrons. The Kier molecular flexibility index (Phi) is 8.70. The number of H-pyrrole nitrogens is 1. The van der Waals surface area contributed by atoms with Gasteiger partial charge < -0.3 is 9.88 Å². The van der Waals surface area contributed by atoms with E-state index < -0.39 is 11.2 Å². The Morgan fingerprint density at radius 1 is 1.19 bits per heavy atom. The first kappa shape index (κ1) is 24.3. The molecule has 1 aliphatic rings. The van der Waals surface area contributed by atoms with Crippen LogP contribution in [0.15, 0.2) is 9.59 Å². The third kappa shape index (κ3) is 6.11. The van der Waals surface area contributed by atoms with Crippen molar-refractivity contribution in [1.29, 1.82) is 0 Å². The van der Waals surface area contributed by atoms with Crippen molar-refractivity contribution in [2.75, 3.05) is 6.54 Å². The molecule has 2 heterocycles. The monoisotopic (exact) mass is 445 g/mol. The largest absolute Gasteiger partial charge is 0.356 e. The molecule has 0 bridgehead atoms. The number of rotatable bonds is 11. The first-order valence-electron chi connectivity index (χ1n) is 12.4. The SMILES string of the molecule is CCCCn1c(=O)[nH]c(=O)c2c1nc(CCC(=O)NCCC1CCCCC1)n2CC(C)C. The predicted molar refractivity (Wildman–Crippen MR) is 127 cm³/mol. The van der Waals surface area contributed by atoms with Crippen molar-refractivity contribution in [3.63, 3.8) is 0 Å². The molecule has 1 fully saturated rings. The van der Waals surface area contributed by atoms with Crippen molar-refractivity contribution < 1.29 is 4.79 Å². The lowest BCUT2D eigenvalue weighted by molar-refractivity contribution is -0.121. The number of carbonyl (C=O) groups excluding carboxylic acids is 1. The fourth-order valence-electron chi connectivity index (χ4n) is 4.70. The first-order valence-corrected chi connectivity index (χ1v) is 12.4. The lowest BCUT2D eigenvalue weighted by atomic mass is 9.87. The second-order valence-electron chi connectivity index (χ2n) is 9.61. The van der Waals surface area contributed by atoms with Crippen molar-refractivity contribution in [1.82, 2.24) is 24.4 Å². The number of nitrogens with one attached hydrogen (secondary N) is 2. The molecule has 0 atom stereocenters. The molecule has 1 amide bonds. The van der Waals surface area contributed by atoms with Crippen molar-refractivity contribution in [3.8, 4) is 0 Å². The summed E-state index contributed by atoms with van der Waals surface area (Å²) in [7, 11) is 0. The van der Waals surface area contributed by atoms with Crippen LogP contribution in [0, 0.1) is 11.8 Å². The van der Waals surface area contributed by atoms with Gasteiger partial charge >= 0.3 is 5.69 Å². The molecule has 2 aromatic heterocycles. The minimum atomic E-state index is -0.419. The average Bonchev–Trinajstić information content (AvgIpc) is 3.10. The van der Waals surface area contributed by atoms with E-state index in [0.29, 0.717) is 48.8 Å². The van der Waals surface area contributed by atoms with E-state index in [1.165, 1.54) is 32.1 Å². The molecule has 0 unspecified atom stereocenters. The normalized spacial score (nSPS) is 15.0. The Morgan fingerprint density at radius 3 is 2.62 bits per heavy atom. The van der Waals surface area contributed by atoms with Crippen LogP contribution in [0.25, 0.3) is 11.2 Å². The summed E-state index contributed by atoms with van der Waals surface area (Å²) in [5, 5.41) is 3.05. The number of aryl methyl sites for hydroxylation is 2.